The molecule has 0 unspecified atom stereocenters. The number of rotatable bonds is 2. The maximum absolute atomic E-state index is 14.3. The van der Waals surface area contributed by atoms with Crippen LogP contribution >= 0.6 is 0 Å². The molecule has 0 aliphatic carbocycles. The van der Waals surface area contributed by atoms with E-state index in [1.54, 1.807) is 31.3 Å². The maximum Gasteiger partial charge on any atom is 0.146 e. The predicted octanol–water partition coefficient (Wildman–Crippen LogP) is 5.15. The predicted molar refractivity (Wildman–Crippen MR) is 85.7 cm³/mol. The molecule has 0 fully saturated rings. The molecule has 0 N–H and O–H groups in total. The molecule has 1 nitrogen and oxygen atoms in total. The molecule has 0 aromatic heterocycles. The van der Waals surface area contributed by atoms with Crippen molar-refractivity contribution < 1.29 is 13.2 Å². The Morgan fingerprint density at radius 3 is 2.09 bits per heavy atom. The number of nitrogens with zero attached hydrogens (tertiary/aromatic N) is 1. The molecule has 1 aliphatic heterocycles. The van der Waals surface area contributed by atoms with Crippen LogP contribution in [0.4, 0.5) is 13.2 Å². The standard InChI is InChI=1S/C19H14F3N/c1-12-17(22)11-14(13-7-4-3-5-8-13)19(23(12)2)18-15(20)9-6-10-16(18)21/h3-11H,1H2,2H3. The third-order valence-corrected chi connectivity index (χ3v) is 3.83. The minimum Gasteiger partial charge on any atom is -0.342 e. The number of likely N-dealkylation sites (N-methyl/N-ethyl adjacent to an activating group) is 1. The molecule has 1 heterocycles. The van der Waals surface area contributed by atoms with Crippen molar-refractivity contribution in [3.63, 3.8) is 0 Å². The van der Waals surface area contributed by atoms with Crippen molar-refractivity contribution in [2.45, 2.75) is 0 Å². The van der Waals surface area contributed by atoms with E-state index in [0.717, 1.165) is 0 Å². The lowest BCUT2D eigenvalue weighted by Gasteiger charge is -2.30. The van der Waals surface area contributed by atoms with Gasteiger partial charge in [0, 0.05) is 12.6 Å². The second kappa shape index (κ2) is 5.80. The highest BCUT2D eigenvalue weighted by Gasteiger charge is 2.27. The molecule has 1 aliphatic rings. The average Bonchev–Trinajstić information content (AvgIpc) is 2.55. The van der Waals surface area contributed by atoms with Crippen molar-refractivity contribution in [1.29, 1.82) is 0 Å². The summed E-state index contributed by atoms with van der Waals surface area (Å²) in [6.07, 6.45) is 1.26. The van der Waals surface area contributed by atoms with Crippen LogP contribution in [0.25, 0.3) is 11.3 Å². The average molecular weight is 313 g/mol. The first-order valence-corrected chi connectivity index (χ1v) is 7.05. The van der Waals surface area contributed by atoms with Gasteiger partial charge in [-0.05, 0) is 23.8 Å². The van der Waals surface area contributed by atoms with Crippen molar-refractivity contribution in [3.8, 4) is 0 Å². The van der Waals surface area contributed by atoms with E-state index in [1.165, 1.54) is 29.2 Å². The van der Waals surface area contributed by atoms with Crippen LogP contribution < -0.4 is 0 Å². The van der Waals surface area contributed by atoms with Crippen molar-refractivity contribution in [1.82, 2.24) is 4.90 Å². The largest absolute Gasteiger partial charge is 0.342 e. The van der Waals surface area contributed by atoms with Gasteiger partial charge in [-0.15, -0.1) is 0 Å². The first-order chi connectivity index (χ1) is 11.0. The Labute approximate surface area is 132 Å². The molecular weight excluding hydrogens is 299 g/mol. The molecular formula is C19H14F3N. The van der Waals surface area contributed by atoms with Gasteiger partial charge in [-0.1, -0.05) is 43.0 Å². The minimum atomic E-state index is -0.705. The van der Waals surface area contributed by atoms with Crippen LogP contribution in [-0.4, -0.2) is 11.9 Å². The van der Waals surface area contributed by atoms with Crippen molar-refractivity contribution in [2.75, 3.05) is 7.05 Å². The van der Waals surface area contributed by atoms with Crippen LogP contribution in [0.15, 0.2) is 72.7 Å². The van der Waals surface area contributed by atoms with Gasteiger partial charge in [0.25, 0.3) is 0 Å². The summed E-state index contributed by atoms with van der Waals surface area (Å²) in [6, 6.07) is 12.6. The smallest absolute Gasteiger partial charge is 0.146 e. The van der Waals surface area contributed by atoms with Gasteiger partial charge in [-0.3, -0.25) is 0 Å². The van der Waals surface area contributed by atoms with E-state index >= 15 is 0 Å². The third-order valence-electron chi connectivity index (χ3n) is 3.83. The molecule has 0 amide bonds. The Bertz CT molecular complexity index is 815. The topological polar surface area (TPSA) is 3.24 Å². The number of halogens is 3. The number of allylic oxidation sites excluding steroid dienone is 3. The summed E-state index contributed by atoms with van der Waals surface area (Å²) in [5.74, 6) is -1.94. The van der Waals surface area contributed by atoms with Crippen molar-refractivity contribution in [2.24, 2.45) is 0 Å². The first kappa shape index (κ1) is 15.2. The molecule has 2 aromatic rings. The fourth-order valence-corrected chi connectivity index (χ4v) is 2.62. The Balaban J connectivity index is 2.36. The highest BCUT2D eigenvalue weighted by atomic mass is 19.1. The molecule has 2 aromatic carbocycles. The Hall–Kier alpha value is -2.75. The second-order valence-corrected chi connectivity index (χ2v) is 5.22. The lowest BCUT2D eigenvalue weighted by Crippen LogP contribution is -2.22. The zero-order valence-corrected chi connectivity index (χ0v) is 12.5. The van der Waals surface area contributed by atoms with Gasteiger partial charge in [-0.2, -0.15) is 0 Å². The normalized spacial score (nSPS) is 15.0. The van der Waals surface area contributed by atoms with Crippen LogP contribution in [0.3, 0.4) is 0 Å². The van der Waals surface area contributed by atoms with Crippen LogP contribution in [-0.2, 0) is 0 Å². The molecule has 0 saturated carbocycles. The molecule has 3 rings (SSSR count). The Morgan fingerprint density at radius 1 is 0.870 bits per heavy atom. The lowest BCUT2D eigenvalue weighted by molar-refractivity contribution is 0.513. The van der Waals surface area contributed by atoms with Gasteiger partial charge in [-0.25, -0.2) is 13.2 Å². The quantitative estimate of drug-likeness (QED) is 0.741. The van der Waals surface area contributed by atoms with Gasteiger partial charge in [0.2, 0.25) is 0 Å². The summed E-state index contributed by atoms with van der Waals surface area (Å²) < 4.78 is 42.7. The van der Waals surface area contributed by atoms with E-state index in [0.29, 0.717) is 11.1 Å². The fourth-order valence-electron chi connectivity index (χ4n) is 2.62. The van der Waals surface area contributed by atoms with Crippen LogP contribution in [0.5, 0.6) is 0 Å². The summed E-state index contributed by atoms with van der Waals surface area (Å²) in [4.78, 5) is 1.37. The van der Waals surface area contributed by atoms with Gasteiger partial charge < -0.3 is 4.90 Å². The summed E-state index contributed by atoms with van der Waals surface area (Å²) >= 11 is 0. The van der Waals surface area contributed by atoms with Crippen LogP contribution in [0, 0.1) is 11.6 Å². The van der Waals surface area contributed by atoms with E-state index in [9.17, 15) is 13.2 Å². The highest BCUT2D eigenvalue weighted by Crippen LogP contribution is 2.40. The third kappa shape index (κ3) is 2.57. The molecule has 4 heteroatoms. The van der Waals surface area contributed by atoms with E-state index in [4.69, 9.17) is 0 Å². The second-order valence-electron chi connectivity index (χ2n) is 5.22. The van der Waals surface area contributed by atoms with E-state index in [1.807, 2.05) is 6.07 Å². The Morgan fingerprint density at radius 2 is 1.48 bits per heavy atom. The SMILES string of the molecule is C=C1C(F)=CC(c2ccccc2)=C(c2c(F)cccc2F)N1C. The molecule has 0 radical (unpaired) electrons. The number of benzene rings is 2. The molecule has 0 bridgehead atoms. The van der Waals surface area contributed by atoms with E-state index in [2.05, 4.69) is 6.58 Å². The molecule has 0 spiro atoms. The van der Waals surface area contributed by atoms with Gasteiger partial charge >= 0.3 is 0 Å². The summed E-state index contributed by atoms with van der Waals surface area (Å²) in [6.45, 7) is 3.64. The van der Waals surface area contributed by atoms with Gasteiger partial charge in [0.15, 0.2) is 0 Å². The summed E-state index contributed by atoms with van der Waals surface area (Å²) in [7, 11) is 1.54. The molecule has 116 valence electrons. The summed E-state index contributed by atoms with van der Waals surface area (Å²) in [5.41, 5.74) is 1.18. The van der Waals surface area contributed by atoms with Crippen LogP contribution in [0.2, 0.25) is 0 Å². The van der Waals surface area contributed by atoms with Crippen molar-refractivity contribution >= 4 is 11.3 Å². The Kier molecular flexibility index (Phi) is 3.82. The summed E-state index contributed by atoms with van der Waals surface area (Å²) in [5, 5.41) is 0. The lowest BCUT2D eigenvalue weighted by atomic mass is 9.94. The molecule has 0 atom stereocenters. The fraction of sp³-hybridized carbons (Fsp3) is 0.0526. The van der Waals surface area contributed by atoms with Crippen LogP contribution in [0.1, 0.15) is 11.1 Å². The number of hydrogen-bond donors (Lipinski definition) is 0. The van der Waals surface area contributed by atoms with Gasteiger partial charge in [0.1, 0.15) is 17.5 Å². The van der Waals surface area contributed by atoms with Crippen molar-refractivity contribution in [3.05, 3.63) is 95.5 Å². The highest BCUT2D eigenvalue weighted by molar-refractivity contribution is 5.97. The molecule has 0 saturated heterocycles. The first-order valence-electron chi connectivity index (χ1n) is 7.05. The zero-order valence-electron chi connectivity index (χ0n) is 12.5. The minimum absolute atomic E-state index is 0.0577. The zero-order chi connectivity index (χ0) is 16.6. The maximum atomic E-state index is 14.3. The monoisotopic (exact) mass is 313 g/mol. The van der Waals surface area contributed by atoms with E-state index in [-0.39, 0.29) is 17.0 Å². The van der Waals surface area contributed by atoms with E-state index < -0.39 is 17.5 Å². The number of hydrogen-bond acceptors (Lipinski definition) is 1. The molecule has 23 heavy (non-hydrogen) atoms. The van der Waals surface area contributed by atoms with Gasteiger partial charge in [0.05, 0.1) is 17.0 Å².